The van der Waals surface area contributed by atoms with Crippen LogP contribution in [0.3, 0.4) is 0 Å². The molecule has 0 saturated carbocycles. The van der Waals surface area contributed by atoms with Crippen LogP contribution < -0.4 is 5.32 Å². The molecular weight excluding hydrogens is 216 g/mol. The molecule has 78 valence electrons. The fourth-order valence-electron chi connectivity index (χ4n) is 1.34. The molecule has 0 saturated heterocycles. The quantitative estimate of drug-likeness (QED) is 0.782. The lowest BCUT2D eigenvalue weighted by Crippen LogP contribution is -2.14. The summed E-state index contributed by atoms with van der Waals surface area (Å²) >= 11 is 5.84. The lowest BCUT2D eigenvalue weighted by atomic mass is 10.1. The van der Waals surface area contributed by atoms with Crippen molar-refractivity contribution in [3.63, 3.8) is 0 Å². The van der Waals surface area contributed by atoms with E-state index in [9.17, 15) is 4.79 Å². The highest BCUT2D eigenvalue weighted by atomic mass is 35.5. The molecule has 0 fully saturated rings. The van der Waals surface area contributed by atoms with Crippen molar-refractivity contribution in [1.29, 1.82) is 0 Å². The first-order chi connectivity index (χ1) is 7.22. The molecule has 0 aromatic heterocycles. The van der Waals surface area contributed by atoms with Crippen LogP contribution in [0.25, 0.3) is 0 Å². The highest BCUT2D eigenvalue weighted by molar-refractivity contribution is 6.54. The molecule has 0 radical (unpaired) electrons. The Kier molecular flexibility index (Phi) is 2.60. The van der Waals surface area contributed by atoms with Crippen molar-refractivity contribution in [3.05, 3.63) is 28.8 Å². The standard InChI is InChI=1S/C10H9ClN2O2/c1-2-15-13-9-7-5-6(11)3-4-8(7)12-10(9)14/h3-5H,2H2,1H3,(H,12,13,14). The van der Waals surface area contributed by atoms with Crippen LogP contribution >= 0.6 is 11.6 Å². The van der Waals surface area contributed by atoms with Crippen LogP contribution in [-0.4, -0.2) is 18.2 Å². The number of carbonyl (C=O) groups is 1. The number of hydrogen-bond acceptors (Lipinski definition) is 3. The summed E-state index contributed by atoms with van der Waals surface area (Å²) in [6.45, 7) is 2.22. The van der Waals surface area contributed by atoms with Gasteiger partial charge in [-0.15, -0.1) is 0 Å². The van der Waals surface area contributed by atoms with Gasteiger partial charge in [0.05, 0.1) is 5.69 Å². The normalized spacial score (nSPS) is 16.4. The third-order valence-electron chi connectivity index (χ3n) is 1.98. The summed E-state index contributed by atoms with van der Waals surface area (Å²) in [4.78, 5) is 16.4. The first-order valence-corrected chi connectivity index (χ1v) is 4.91. The second-order valence-electron chi connectivity index (χ2n) is 3.00. The van der Waals surface area contributed by atoms with Gasteiger partial charge in [-0.1, -0.05) is 16.8 Å². The molecule has 0 atom stereocenters. The molecular formula is C10H9ClN2O2. The van der Waals surface area contributed by atoms with Crippen molar-refractivity contribution in [2.45, 2.75) is 6.92 Å². The Morgan fingerprint density at radius 2 is 2.33 bits per heavy atom. The summed E-state index contributed by atoms with van der Waals surface area (Å²) < 4.78 is 0. The summed E-state index contributed by atoms with van der Waals surface area (Å²) in [6.07, 6.45) is 0. The van der Waals surface area contributed by atoms with Gasteiger partial charge < -0.3 is 10.2 Å². The number of halogens is 1. The van der Waals surface area contributed by atoms with Gasteiger partial charge in [0.1, 0.15) is 6.61 Å². The molecule has 0 unspecified atom stereocenters. The van der Waals surface area contributed by atoms with Crippen molar-refractivity contribution in [2.24, 2.45) is 5.16 Å². The lowest BCUT2D eigenvalue weighted by Gasteiger charge is -1.97. The van der Waals surface area contributed by atoms with Gasteiger partial charge in [-0.2, -0.15) is 0 Å². The SMILES string of the molecule is CCON=C1C(=O)Nc2ccc(Cl)cc21. The number of nitrogens with one attached hydrogen (secondary N) is 1. The maximum atomic E-state index is 11.5. The van der Waals surface area contributed by atoms with Gasteiger partial charge in [-0.05, 0) is 25.1 Å². The first kappa shape index (κ1) is 9.98. The topological polar surface area (TPSA) is 50.7 Å². The fraction of sp³-hybridized carbons (Fsp3) is 0.200. The molecule has 1 aromatic rings. The van der Waals surface area contributed by atoms with Gasteiger partial charge in [-0.3, -0.25) is 4.79 Å². The Bertz CT molecular complexity index is 443. The molecule has 1 heterocycles. The Labute approximate surface area is 91.9 Å². The molecule has 1 N–H and O–H groups in total. The highest BCUT2D eigenvalue weighted by Gasteiger charge is 2.26. The monoisotopic (exact) mass is 224 g/mol. The van der Waals surface area contributed by atoms with Crippen LogP contribution in [0.4, 0.5) is 5.69 Å². The average molecular weight is 225 g/mol. The summed E-state index contributed by atoms with van der Waals surface area (Å²) in [5.41, 5.74) is 1.66. The van der Waals surface area contributed by atoms with E-state index in [1.54, 1.807) is 25.1 Å². The van der Waals surface area contributed by atoms with Gasteiger partial charge in [-0.25, -0.2) is 0 Å². The van der Waals surface area contributed by atoms with Crippen molar-refractivity contribution >= 4 is 28.9 Å². The largest absolute Gasteiger partial charge is 0.395 e. The molecule has 4 nitrogen and oxygen atoms in total. The van der Waals surface area contributed by atoms with E-state index in [2.05, 4.69) is 10.5 Å². The predicted octanol–water partition coefficient (Wildman–Crippen LogP) is 2.03. The number of amides is 1. The molecule has 0 spiro atoms. The molecule has 1 aromatic carbocycles. The van der Waals surface area contributed by atoms with E-state index in [1.165, 1.54) is 0 Å². The van der Waals surface area contributed by atoms with Crippen molar-refractivity contribution in [1.82, 2.24) is 0 Å². The first-order valence-electron chi connectivity index (χ1n) is 4.53. The Balaban J connectivity index is 2.44. The average Bonchev–Trinajstić information content (AvgIpc) is 2.51. The van der Waals surface area contributed by atoms with E-state index in [-0.39, 0.29) is 11.6 Å². The highest BCUT2D eigenvalue weighted by Crippen LogP contribution is 2.26. The molecule has 15 heavy (non-hydrogen) atoms. The summed E-state index contributed by atoms with van der Waals surface area (Å²) in [5.74, 6) is -0.263. The van der Waals surface area contributed by atoms with Crippen LogP contribution in [0.1, 0.15) is 12.5 Å². The van der Waals surface area contributed by atoms with E-state index < -0.39 is 0 Å². The molecule has 0 bridgehead atoms. The number of fused-ring (bicyclic) bond motifs is 1. The third-order valence-corrected chi connectivity index (χ3v) is 2.22. The molecule has 1 aliphatic heterocycles. The third kappa shape index (κ3) is 1.80. The van der Waals surface area contributed by atoms with Crippen LogP contribution in [0.2, 0.25) is 5.02 Å². The molecule has 2 rings (SSSR count). The van der Waals surface area contributed by atoms with Crippen LogP contribution in [-0.2, 0) is 9.63 Å². The Hall–Kier alpha value is -1.55. The van der Waals surface area contributed by atoms with Crippen molar-refractivity contribution in [3.8, 4) is 0 Å². The van der Waals surface area contributed by atoms with Gasteiger partial charge in [0.25, 0.3) is 5.91 Å². The van der Waals surface area contributed by atoms with Crippen LogP contribution in [0, 0.1) is 0 Å². The number of rotatable bonds is 2. The Morgan fingerprint density at radius 3 is 3.07 bits per heavy atom. The van der Waals surface area contributed by atoms with Gasteiger partial charge >= 0.3 is 0 Å². The molecule has 5 heteroatoms. The number of anilines is 1. The Morgan fingerprint density at radius 1 is 1.53 bits per heavy atom. The number of oxime groups is 1. The van der Waals surface area contributed by atoms with E-state index in [4.69, 9.17) is 16.4 Å². The maximum absolute atomic E-state index is 11.5. The van der Waals surface area contributed by atoms with E-state index in [1.807, 2.05) is 0 Å². The summed E-state index contributed by atoms with van der Waals surface area (Å²) in [6, 6.07) is 5.14. The number of carbonyl (C=O) groups excluding carboxylic acids is 1. The zero-order valence-electron chi connectivity index (χ0n) is 8.08. The zero-order chi connectivity index (χ0) is 10.8. The van der Waals surface area contributed by atoms with Crippen LogP contribution in [0.15, 0.2) is 23.4 Å². The minimum atomic E-state index is -0.263. The minimum Gasteiger partial charge on any atom is -0.395 e. The molecule has 1 aliphatic rings. The molecule has 0 aliphatic carbocycles. The lowest BCUT2D eigenvalue weighted by molar-refractivity contribution is -0.110. The van der Waals surface area contributed by atoms with Crippen LogP contribution in [0.5, 0.6) is 0 Å². The maximum Gasteiger partial charge on any atom is 0.278 e. The number of hydrogen-bond donors (Lipinski definition) is 1. The van der Waals surface area contributed by atoms with Gasteiger partial charge in [0, 0.05) is 10.6 Å². The van der Waals surface area contributed by atoms with Gasteiger partial charge in [0.15, 0.2) is 5.71 Å². The number of nitrogens with zero attached hydrogens (tertiary/aromatic N) is 1. The van der Waals surface area contributed by atoms with E-state index in [0.717, 1.165) is 0 Å². The second-order valence-corrected chi connectivity index (χ2v) is 3.44. The van der Waals surface area contributed by atoms with E-state index in [0.29, 0.717) is 22.9 Å². The van der Waals surface area contributed by atoms with Gasteiger partial charge in [0.2, 0.25) is 0 Å². The molecule has 1 amide bonds. The van der Waals surface area contributed by atoms with E-state index >= 15 is 0 Å². The minimum absolute atomic E-state index is 0.263. The predicted molar refractivity (Wildman–Crippen MR) is 58.2 cm³/mol. The fourth-order valence-corrected chi connectivity index (χ4v) is 1.52. The van der Waals surface area contributed by atoms with Crippen molar-refractivity contribution < 1.29 is 9.63 Å². The van der Waals surface area contributed by atoms with Crippen molar-refractivity contribution in [2.75, 3.05) is 11.9 Å². The summed E-state index contributed by atoms with van der Waals surface area (Å²) in [5, 5.41) is 6.99. The number of benzene rings is 1. The second kappa shape index (κ2) is 3.90. The smallest absolute Gasteiger partial charge is 0.278 e. The summed E-state index contributed by atoms with van der Waals surface area (Å²) in [7, 11) is 0. The zero-order valence-corrected chi connectivity index (χ0v) is 8.84.